The maximum atomic E-state index is 13.0. The van der Waals surface area contributed by atoms with Crippen LogP contribution >= 0.6 is 0 Å². The predicted octanol–water partition coefficient (Wildman–Crippen LogP) is 3.76. The third-order valence-electron chi connectivity index (χ3n) is 5.82. The SMILES string of the molecule is COc1ccc2c(n1)C(N[S@+]([O-])C(C)(C)C)C1(CCN(C(=O)OC(C)(C)C)CC1)C2. The van der Waals surface area contributed by atoms with E-state index < -0.39 is 17.0 Å². The minimum atomic E-state index is -1.24. The zero-order valence-corrected chi connectivity index (χ0v) is 20.0. The van der Waals surface area contributed by atoms with E-state index in [9.17, 15) is 9.35 Å². The summed E-state index contributed by atoms with van der Waals surface area (Å²) in [5.74, 6) is 0.560. The summed E-state index contributed by atoms with van der Waals surface area (Å²) in [6.07, 6.45) is 2.17. The molecule has 1 aliphatic carbocycles. The molecule has 1 N–H and O–H groups in total. The van der Waals surface area contributed by atoms with E-state index in [4.69, 9.17) is 14.5 Å². The Morgan fingerprint density at radius 3 is 2.40 bits per heavy atom. The van der Waals surface area contributed by atoms with E-state index >= 15 is 0 Å². The number of rotatable bonds is 3. The lowest BCUT2D eigenvalue weighted by Crippen LogP contribution is -2.51. The van der Waals surface area contributed by atoms with Gasteiger partial charge in [0, 0.05) is 35.9 Å². The fourth-order valence-electron chi connectivity index (χ4n) is 4.16. The van der Waals surface area contributed by atoms with Crippen molar-refractivity contribution in [1.29, 1.82) is 0 Å². The molecule has 2 atom stereocenters. The predicted molar refractivity (Wildman–Crippen MR) is 118 cm³/mol. The van der Waals surface area contributed by atoms with Gasteiger partial charge in [0.2, 0.25) is 5.88 Å². The van der Waals surface area contributed by atoms with Crippen molar-refractivity contribution in [3.63, 3.8) is 0 Å². The first-order chi connectivity index (χ1) is 13.8. The number of aromatic nitrogens is 1. The van der Waals surface area contributed by atoms with Crippen molar-refractivity contribution in [1.82, 2.24) is 14.6 Å². The van der Waals surface area contributed by atoms with Gasteiger partial charge in [-0.1, -0.05) is 6.07 Å². The Kier molecular flexibility index (Phi) is 6.33. The molecule has 168 valence electrons. The molecule has 8 heteroatoms. The molecule has 1 amide bonds. The largest absolute Gasteiger partial charge is 0.598 e. The van der Waals surface area contributed by atoms with Crippen LogP contribution in [0.2, 0.25) is 0 Å². The van der Waals surface area contributed by atoms with Gasteiger partial charge in [0.25, 0.3) is 0 Å². The molecule has 3 rings (SSSR count). The maximum Gasteiger partial charge on any atom is 0.410 e. The average molecular weight is 438 g/mol. The molecule has 0 aromatic carbocycles. The van der Waals surface area contributed by atoms with E-state index in [-0.39, 0.29) is 22.3 Å². The summed E-state index contributed by atoms with van der Waals surface area (Å²) in [6.45, 7) is 12.7. The molecule has 1 aromatic heterocycles. The molecule has 0 bridgehead atoms. The van der Waals surface area contributed by atoms with Crippen molar-refractivity contribution in [2.24, 2.45) is 5.41 Å². The highest BCUT2D eigenvalue weighted by Gasteiger charge is 2.52. The second-order valence-electron chi connectivity index (χ2n) is 10.3. The molecule has 1 spiro atoms. The molecule has 1 aromatic rings. The number of nitrogens with zero attached hydrogens (tertiary/aromatic N) is 2. The number of methoxy groups -OCH3 is 1. The summed E-state index contributed by atoms with van der Waals surface area (Å²) in [5, 5.41) is 0. The molecule has 1 saturated heterocycles. The first kappa shape index (κ1) is 23.2. The average Bonchev–Trinajstić information content (AvgIpc) is 2.92. The first-order valence-electron chi connectivity index (χ1n) is 10.5. The third kappa shape index (κ3) is 4.86. The zero-order valence-electron chi connectivity index (χ0n) is 19.2. The number of nitrogens with one attached hydrogen (secondary N) is 1. The van der Waals surface area contributed by atoms with Crippen LogP contribution in [0.1, 0.15) is 71.7 Å². The van der Waals surface area contributed by atoms with Crippen LogP contribution in [0, 0.1) is 5.41 Å². The molecular weight excluding hydrogens is 402 g/mol. The standard InChI is InChI=1S/C22H35N3O4S/c1-20(2,3)29-19(26)25-12-10-22(11-13-25)14-15-8-9-16(28-7)23-17(15)18(22)24-30(27)21(4,5)6/h8-9,18,24H,10-14H2,1-7H3/t18?,30-/m1/s1. The summed E-state index contributed by atoms with van der Waals surface area (Å²) < 4.78 is 26.9. The minimum absolute atomic E-state index is 0.138. The Morgan fingerprint density at radius 1 is 1.23 bits per heavy atom. The third-order valence-corrected chi connectivity index (χ3v) is 7.38. The Labute approximate surface area is 183 Å². The number of carbonyl (C=O) groups is 1. The quantitative estimate of drug-likeness (QED) is 0.725. The number of carbonyl (C=O) groups excluding carboxylic acids is 1. The van der Waals surface area contributed by atoms with Crippen LogP contribution < -0.4 is 9.46 Å². The second-order valence-corrected chi connectivity index (χ2v) is 12.3. The lowest BCUT2D eigenvalue weighted by Gasteiger charge is -2.43. The van der Waals surface area contributed by atoms with Gasteiger partial charge in [0.15, 0.2) is 0 Å². The molecule has 2 heterocycles. The van der Waals surface area contributed by atoms with Crippen LogP contribution in [-0.2, 0) is 22.5 Å². The molecule has 1 unspecified atom stereocenters. The zero-order chi connectivity index (χ0) is 22.3. The van der Waals surface area contributed by atoms with Gasteiger partial charge in [-0.05, 0) is 66.4 Å². The number of amides is 1. The van der Waals surface area contributed by atoms with Crippen LogP contribution in [0.25, 0.3) is 0 Å². The fraction of sp³-hybridized carbons (Fsp3) is 0.727. The molecule has 1 aliphatic heterocycles. The number of ether oxygens (including phenoxy) is 2. The first-order valence-corrected chi connectivity index (χ1v) is 11.7. The van der Waals surface area contributed by atoms with E-state index in [0.717, 1.165) is 30.5 Å². The Hall–Kier alpha value is -1.51. The maximum absolute atomic E-state index is 13.0. The lowest BCUT2D eigenvalue weighted by molar-refractivity contribution is 0.00704. The highest BCUT2D eigenvalue weighted by Crippen LogP contribution is 2.52. The van der Waals surface area contributed by atoms with Crippen LogP contribution in [-0.4, -0.2) is 51.1 Å². The van der Waals surface area contributed by atoms with Gasteiger partial charge in [-0.25, -0.2) is 9.78 Å². The Morgan fingerprint density at radius 2 is 1.87 bits per heavy atom. The van der Waals surface area contributed by atoms with Gasteiger partial charge >= 0.3 is 6.09 Å². The summed E-state index contributed by atoms with van der Waals surface area (Å²) in [4.78, 5) is 19.0. The van der Waals surface area contributed by atoms with Crippen LogP contribution in [0.4, 0.5) is 4.79 Å². The summed E-state index contributed by atoms with van der Waals surface area (Å²) in [5.41, 5.74) is 1.42. The van der Waals surface area contributed by atoms with E-state index in [2.05, 4.69) is 10.8 Å². The van der Waals surface area contributed by atoms with Crippen molar-refractivity contribution < 1.29 is 18.8 Å². The van der Waals surface area contributed by atoms with Crippen molar-refractivity contribution >= 4 is 17.5 Å². The summed E-state index contributed by atoms with van der Waals surface area (Å²) >= 11 is -1.24. The Balaban J connectivity index is 1.83. The number of fused-ring (bicyclic) bond motifs is 1. The number of piperidine rings is 1. The molecule has 0 saturated carbocycles. The van der Waals surface area contributed by atoms with E-state index in [0.29, 0.717) is 19.0 Å². The summed E-state index contributed by atoms with van der Waals surface area (Å²) in [6, 6.07) is 3.79. The van der Waals surface area contributed by atoms with E-state index in [1.54, 1.807) is 12.0 Å². The van der Waals surface area contributed by atoms with Gasteiger partial charge in [0.1, 0.15) is 16.4 Å². The van der Waals surface area contributed by atoms with Crippen molar-refractivity contribution in [2.45, 2.75) is 77.2 Å². The smallest absolute Gasteiger partial charge is 0.410 e. The molecule has 1 fully saturated rings. The van der Waals surface area contributed by atoms with Crippen molar-refractivity contribution in [3.8, 4) is 5.88 Å². The normalized spacial score (nSPS) is 22.0. The highest BCUT2D eigenvalue weighted by molar-refractivity contribution is 7.90. The topological polar surface area (TPSA) is 86.8 Å². The Bertz CT molecular complexity index is 780. The van der Waals surface area contributed by atoms with E-state index in [1.165, 1.54) is 0 Å². The van der Waals surface area contributed by atoms with Crippen molar-refractivity contribution in [3.05, 3.63) is 23.4 Å². The van der Waals surface area contributed by atoms with Crippen molar-refractivity contribution in [2.75, 3.05) is 20.2 Å². The number of likely N-dealkylation sites (tertiary alicyclic amines) is 1. The number of hydrogen-bond donors (Lipinski definition) is 1. The minimum Gasteiger partial charge on any atom is -0.598 e. The fourth-order valence-corrected chi connectivity index (χ4v) is 5.09. The van der Waals surface area contributed by atoms with Crippen LogP contribution in [0.15, 0.2) is 12.1 Å². The molecule has 0 radical (unpaired) electrons. The van der Waals surface area contributed by atoms with Gasteiger partial charge in [-0.2, -0.15) is 0 Å². The van der Waals surface area contributed by atoms with E-state index in [1.807, 2.05) is 47.6 Å². The van der Waals surface area contributed by atoms with Crippen LogP contribution in [0.5, 0.6) is 5.88 Å². The van der Waals surface area contributed by atoms with Gasteiger partial charge < -0.3 is 18.9 Å². The summed E-state index contributed by atoms with van der Waals surface area (Å²) in [7, 11) is 1.61. The van der Waals surface area contributed by atoms with Gasteiger partial charge in [-0.3, -0.25) is 0 Å². The van der Waals surface area contributed by atoms with Gasteiger partial charge in [0.05, 0.1) is 12.8 Å². The van der Waals surface area contributed by atoms with Crippen LogP contribution in [0.3, 0.4) is 0 Å². The lowest BCUT2D eigenvalue weighted by atomic mass is 9.73. The molecule has 2 aliphatic rings. The molecule has 30 heavy (non-hydrogen) atoms. The number of pyridine rings is 1. The van der Waals surface area contributed by atoms with Gasteiger partial charge in [-0.15, -0.1) is 4.72 Å². The monoisotopic (exact) mass is 437 g/mol. The molecular formula is C22H35N3O4S. The second kappa shape index (κ2) is 8.20. The molecule has 7 nitrogen and oxygen atoms in total. The highest BCUT2D eigenvalue weighted by atomic mass is 32.2. The number of hydrogen-bond acceptors (Lipinski definition) is 6.